The van der Waals surface area contributed by atoms with Crippen LogP contribution in [-0.4, -0.2) is 31.1 Å². The summed E-state index contributed by atoms with van der Waals surface area (Å²) in [7, 11) is 0. The summed E-state index contributed by atoms with van der Waals surface area (Å²) in [5, 5.41) is 0. The molecule has 0 aromatic carbocycles. The molecule has 0 spiro atoms. The third-order valence-corrected chi connectivity index (χ3v) is 3.81. The predicted octanol–water partition coefficient (Wildman–Crippen LogP) is 2.83. The van der Waals surface area contributed by atoms with Gasteiger partial charge in [0.15, 0.2) is 0 Å². The van der Waals surface area contributed by atoms with Crippen LogP contribution in [0.3, 0.4) is 0 Å². The minimum atomic E-state index is 0.755. The molecule has 98 valence electrons. The fraction of sp³-hybridized carbons (Fsp3) is 1.00. The van der Waals surface area contributed by atoms with Gasteiger partial charge in [0.05, 0.1) is 0 Å². The van der Waals surface area contributed by atoms with Crippen LogP contribution in [0.2, 0.25) is 0 Å². The summed E-state index contributed by atoms with van der Waals surface area (Å²) in [6.45, 7) is 18.1. The van der Waals surface area contributed by atoms with E-state index in [-0.39, 0.29) is 0 Å². The Morgan fingerprint density at radius 3 is 1.44 bits per heavy atom. The highest BCUT2D eigenvalue weighted by Gasteiger charge is 2.16. The largest absolute Gasteiger partial charge is 0.329 e. The van der Waals surface area contributed by atoms with Gasteiger partial charge in [0.25, 0.3) is 0 Å². The Hall–Kier alpha value is -0.0800. The lowest BCUT2D eigenvalue weighted by atomic mass is 9.94. The number of nitrogens with zero attached hydrogens (tertiary/aromatic N) is 1. The standard InChI is InChI=1S/C14H32N2/c1-11(2)13(5)9-16(8-7-15)10-14(6)12(3)4/h11-14H,7-10,15H2,1-6H3. The van der Waals surface area contributed by atoms with Gasteiger partial charge in [0, 0.05) is 26.2 Å². The zero-order valence-electron chi connectivity index (χ0n) is 12.2. The van der Waals surface area contributed by atoms with Crippen LogP contribution >= 0.6 is 0 Å². The second kappa shape index (κ2) is 8.08. The molecule has 2 nitrogen and oxygen atoms in total. The van der Waals surface area contributed by atoms with Crippen molar-refractivity contribution in [2.75, 3.05) is 26.2 Å². The average Bonchev–Trinajstić information content (AvgIpc) is 2.17. The topological polar surface area (TPSA) is 29.3 Å². The van der Waals surface area contributed by atoms with Crippen LogP contribution in [-0.2, 0) is 0 Å². The first-order chi connectivity index (χ1) is 7.38. The normalized spacial score (nSPS) is 16.1. The summed E-state index contributed by atoms with van der Waals surface area (Å²) in [5.41, 5.74) is 5.69. The van der Waals surface area contributed by atoms with Gasteiger partial charge in [-0.25, -0.2) is 0 Å². The zero-order valence-corrected chi connectivity index (χ0v) is 12.2. The van der Waals surface area contributed by atoms with Crippen LogP contribution in [0.25, 0.3) is 0 Å². The molecule has 0 saturated heterocycles. The maximum Gasteiger partial charge on any atom is 0.0105 e. The molecule has 0 aromatic rings. The quantitative estimate of drug-likeness (QED) is 0.692. The molecule has 2 heteroatoms. The smallest absolute Gasteiger partial charge is 0.0105 e. The van der Waals surface area contributed by atoms with Gasteiger partial charge in [-0.3, -0.25) is 0 Å². The summed E-state index contributed by atoms with van der Waals surface area (Å²) in [6.07, 6.45) is 0. The summed E-state index contributed by atoms with van der Waals surface area (Å²) in [4.78, 5) is 2.54. The van der Waals surface area contributed by atoms with E-state index in [0.717, 1.165) is 36.8 Å². The molecule has 0 aliphatic carbocycles. The lowest BCUT2D eigenvalue weighted by Gasteiger charge is -2.30. The van der Waals surface area contributed by atoms with Crippen molar-refractivity contribution in [3.63, 3.8) is 0 Å². The molecule has 2 unspecified atom stereocenters. The number of nitrogens with two attached hydrogens (primary N) is 1. The molecule has 0 rings (SSSR count). The van der Waals surface area contributed by atoms with Crippen molar-refractivity contribution in [1.29, 1.82) is 0 Å². The Balaban J connectivity index is 4.16. The molecule has 0 aliphatic heterocycles. The first kappa shape index (κ1) is 15.9. The van der Waals surface area contributed by atoms with E-state index < -0.39 is 0 Å². The van der Waals surface area contributed by atoms with Crippen LogP contribution in [0.5, 0.6) is 0 Å². The third kappa shape index (κ3) is 6.49. The van der Waals surface area contributed by atoms with Crippen molar-refractivity contribution in [1.82, 2.24) is 4.90 Å². The highest BCUT2D eigenvalue weighted by Crippen LogP contribution is 2.15. The third-order valence-electron chi connectivity index (χ3n) is 3.81. The Morgan fingerprint density at radius 1 is 0.812 bits per heavy atom. The van der Waals surface area contributed by atoms with Gasteiger partial charge >= 0.3 is 0 Å². The average molecular weight is 228 g/mol. The van der Waals surface area contributed by atoms with Crippen molar-refractivity contribution in [3.8, 4) is 0 Å². The van der Waals surface area contributed by atoms with Crippen LogP contribution in [0.1, 0.15) is 41.5 Å². The van der Waals surface area contributed by atoms with E-state index in [9.17, 15) is 0 Å². The molecule has 0 aliphatic rings. The summed E-state index contributed by atoms with van der Waals surface area (Å²) < 4.78 is 0. The van der Waals surface area contributed by atoms with E-state index in [0.29, 0.717) is 0 Å². The van der Waals surface area contributed by atoms with Crippen LogP contribution in [0.4, 0.5) is 0 Å². The van der Waals surface area contributed by atoms with Gasteiger partial charge in [-0.05, 0) is 23.7 Å². The van der Waals surface area contributed by atoms with Crippen molar-refractivity contribution < 1.29 is 0 Å². The highest BCUT2D eigenvalue weighted by atomic mass is 15.1. The van der Waals surface area contributed by atoms with Gasteiger partial charge in [-0.1, -0.05) is 41.5 Å². The molecule has 2 atom stereocenters. The molecule has 0 fully saturated rings. The maximum atomic E-state index is 5.69. The fourth-order valence-corrected chi connectivity index (χ4v) is 1.68. The van der Waals surface area contributed by atoms with Crippen molar-refractivity contribution in [2.45, 2.75) is 41.5 Å². The van der Waals surface area contributed by atoms with E-state index in [2.05, 4.69) is 46.4 Å². The maximum absolute atomic E-state index is 5.69. The Bertz CT molecular complexity index is 150. The molecular weight excluding hydrogens is 196 g/mol. The molecule has 0 radical (unpaired) electrons. The van der Waals surface area contributed by atoms with Gasteiger partial charge in [0.2, 0.25) is 0 Å². The van der Waals surface area contributed by atoms with Gasteiger partial charge < -0.3 is 10.6 Å². The zero-order chi connectivity index (χ0) is 12.7. The monoisotopic (exact) mass is 228 g/mol. The van der Waals surface area contributed by atoms with Gasteiger partial charge in [-0.15, -0.1) is 0 Å². The first-order valence-corrected chi connectivity index (χ1v) is 6.80. The van der Waals surface area contributed by atoms with Crippen LogP contribution < -0.4 is 5.73 Å². The summed E-state index contributed by atoms with van der Waals surface area (Å²) in [5.74, 6) is 3.03. The van der Waals surface area contributed by atoms with Crippen molar-refractivity contribution in [3.05, 3.63) is 0 Å². The lowest BCUT2D eigenvalue weighted by molar-refractivity contribution is 0.175. The summed E-state index contributed by atoms with van der Waals surface area (Å²) >= 11 is 0. The molecular formula is C14H32N2. The van der Waals surface area contributed by atoms with E-state index in [1.807, 2.05) is 0 Å². The fourth-order valence-electron chi connectivity index (χ4n) is 1.68. The predicted molar refractivity (Wildman–Crippen MR) is 73.5 cm³/mol. The van der Waals surface area contributed by atoms with E-state index in [4.69, 9.17) is 5.73 Å². The van der Waals surface area contributed by atoms with Crippen molar-refractivity contribution >= 4 is 0 Å². The Morgan fingerprint density at radius 2 is 1.19 bits per heavy atom. The first-order valence-electron chi connectivity index (χ1n) is 6.80. The highest BCUT2D eigenvalue weighted by molar-refractivity contribution is 4.69. The molecule has 0 aromatic heterocycles. The minimum absolute atomic E-state index is 0.755. The number of hydrogen-bond acceptors (Lipinski definition) is 2. The second-order valence-electron chi connectivity index (χ2n) is 5.99. The molecule has 0 amide bonds. The van der Waals surface area contributed by atoms with E-state index >= 15 is 0 Å². The molecule has 2 N–H and O–H groups in total. The Kier molecular flexibility index (Phi) is 8.04. The van der Waals surface area contributed by atoms with E-state index in [1.165, 1.54) is 13.1 Å². The number of rotatable bonds is 8. The molecule has 16 heavy (non-hydrogen) atoms. The van der Waals surface area contributed by atoms with Gasteiger partial charge in [0.1, 0.15) is 0 Å². The van der Waals surface area contributed by atoms with Gasteiger partial charge in [-0.2, -0.15) is 0 Å². The SMILES string of the molecule is CC(C)C(C)CN(CCN)CC(C)C(C)C. The second-order valence-corrected chi connectivity index (χ2v) is 5.99. The van der Waals surface area contributed by atoms with Crippen LogP contribution in [0.15, 0.2) is 0 Å². The van der Waals surface area contributed by atoms with Crippen molar-refractivity contribution in [2.24, 2.45) is 29.4 Å². The molecule has 0 bridgehead atoms. The lowest BCUT2D eigenvalue weighted by Crippen LogP contribution is -2.38. The molecule has 0 heterocycles. The molecule has 0 saturated carbocycles. The van der Waals surface area contributed by atoms with E-state index in [1.54, 1.807) is 0 Å². The Labute approximate surface area is 103 Å². The minimum Gasteiger partial charge on any atom is -0.329 e. The number of hydrogen-bond donors (Lipinski definition) is 1. The van der Waals surface area contributed by atoms with Crippen LogP contribution in [0, 0.1) is 23.7 Å². The summed E-state index contributed by atoms with van der Waals surface area (Å²) in [6, 6.07) is 0.